The zero-order chi connectivity index (χ0) is 17.5. The van der Waals surface area contributed by atoms with Gasteiger partial charge in [-0.1, -0.05) is 30.3 Å². The van der Waals surface area contributed by atoms with Crippen LogP contribution in [-0.2, 0) is 11.2 Å². The van der Waals surface area contributed by atoms with Crippen LogP contribution >= 0.6 is 0 Å². The minimum absolute atomic E-state index is 0.165. The molecule has 0 unspecified atom stereocenters. The Morgan fingerprint density at radius 2 is 2.00 bits per heavy atom. The van der Waals surface area contributed by atoms with Gasteiger partial charge in [-0.25, -0.2) is 0 Å². The Labute approximate surface area is 143 Å². The maximum absolute atomic E-state index is 12.3. The van der Waals surface area contributed by atoms with Crippen LogP contribution in [0.15, 0.2) is 30.3 Å². The zero-order valence-electron chi connectivity index (χ0n) is 14.1. The van der Waals surface area contributed by atoms with Crippen LogP contribution in [0.2, 0.25) is 0 Å². The SMILES string of the molecule is CCNC(=O)[C@@H]1C[C@@H](O)[C@H](O)[C@@H](CO)N1CCCc1ccccc1. The predicted molar refractivity (Wildman–Crippen MR) is 91.4 cm³/mol. The van der Waals surface area contributed by atoms with Crippen molar-refractivity contribution in [3.05, 3.63) is 35.9 Å². The molecular formula is C18H28N2O4. The molecule has 1 aliphatic rings. The zero-order valence-corrected chi connectivity index (χ0v) is 14.1. The van der Waals surface area contributed by atoms with Crippen molar-refractivity contribution < 1.29 is 20.1 Å². The van der Waals surface area contributed by atoms with E-state index in [0.29, 0.717) is 13.1 Å². The maximum atomic E-state index is 12.3. The molecule has 1 amide bonds. The summed E-state index contributed by atoms with van der Waals surface area (Å²) < 4.78 is 0. The molecular weight excluding hydrogens is 308 g/mol. The lowest BCUT2D eigenvalue weighted by Gasteiger charge is -2.45. The van der Waals surface area contributed by atoms with Crippen LogP contribution in [0.4, 0.5) is 0 Å². The van der Waals surface area contributed by atoms with Crippen LogP contribution in [0.5, 0.6) is 0 Å². The number of amides is 1. The van der Waals surface area contributed by atoms with Gasteiger partial charge in [-0.3, -0.25) is 9.69 Å². The number of hydrogen-bond acceptors (Lipinski definition) is 5. The van der Waals surface area contributed by atoms with E-state index in [2.05, 4.69) is 17.4 Å². The normalized spacial score (nSPS) is 27.8. The van der Waals surface area contributed by atoms with Crippen molar-refractivity contribution in [3.63, 3.8) is 0 Å². The van der Waals surface area contributed by atoms with Gasteiger partial charge in [0, 0.05) is 13.0 Å². The Morgan fingerprint density at radius 1 is 1.29 bits per heavy atom. The largest absolute Gasteiger partial charge is 0.395 e. The van der Waals surface area contributed by atoms with Gasteiger partial charge in [0.2, 0.25) is 5.91 Å². The van der Waals surface area contributed by atoms with Crippen molar-refractivity contribution in [1.82, 2.24) is 10.2 Å². The average molecular weight is 336 g/mol. The summed E-state index contributed by atoms with van der Waals surface area (Å²) >= 11 is 0. The highest BCUT2D eigenvalue weighted by atomic mass is 16.3. The van der Waals surface area contributed by atoms with Gasteiger partial charge in [0.05, 0.1) is 30.9 Å². The Kier molecular flexibility index (Phi) is 7.17. The summed E-state index contributed by atoms with van der Waals surface area (Å²) in [6.07, 6.45) is -0.206. The molecule has 1 heterocycles. The lowest BCUT2D eigenvalue weighted by atomic mass is 9.89. The summed E-state index contributed by atoms with van der Waals surface area (Å²) in [5.41, 5.74) is 1.21. The first-order chi connectivity index (χ1) is 11.6. The Balaban J connectivity index is 2.05. The number of aliphatic hydroxyl groups excluding tert-OH is 3. The van der Waals surface area contributed by atoms with Gasteiger partial charge in [-0.2, -0.15) is 0 Å². The lowest BCUT2D eigenvalue weighted by Crippen LogP contribution is -2.64. The van der Waals surface area contributed by atoms with Crippen LogP contribution < -0.4 is 5.32 Å². The van der Waals surface area contributed by atoms with Gasteiger partial charge in [0.1, 0.15) is 0 Å². The molecule has 1 aromatic rings. The van der Waals surface area contributed by atoms with E-state index in [1.165, 1.54) is 5.56 Å². The first kappa shape index (κ1) is 18.9. The van der Waals surface area contributed by atoms with Gasteiger partial charge in [0.15, 0.2) is 0 Å². The molecule has 0 radical (unpaired) electrons. The smallest absolute Gasteiger partial charge is 0.237 e. The number of nitrogens with zero attached hydrogens (tertiary/aromatic N) is 1. The second-order valence-corrected chi connectivity index (χ2v) is 6.28. The number of likely N-dealkylation sites (N-methyl/N-ethyl adjacent to an activating group) is 1. The molecule has 6 heteroatoms. The number of piperidine rings is 1. The number of rotatable bonds is 7. The topological polar surface area (TPSA) is 93.0 Å². The summed E-state index contributed by atoms with van der Waals surface area (Å²) in [5, 5.41) is 32.6. The lowest BCUT2D eigenvalue weighted by molar-refractivity contribution is -0.145. The van der Waals surface area contributed by atoms with Gasteiger partial charge >= 0.3 is 0 Å². The molecule has 0 aromatic heterocycles. The van der Waals surface area contributed by atoms with E-state index in [4.69, 9.17) is 0 Å². The summed E-state index contributed by atoms with van der Waals surface area (Å²) in [7, 11) is 0. The third-order valence-electron chi connectivity index (χ3n) is 4.64. The number of carbonyl (C=O) groups excluding carboxylic acids is 1. The number of carbonyl (C=O) groups is 1. The Morgan fingerprint density at radius 3 is 2.62 bits per heavy atom. The van der Waals surface area contributed by atoms with Crippen molar-refractivity contribution >= 4 is 5.91 Å². The maximum Gasteiger partial charge on any atom is 0.237 e. The molecule has 0 bridgehead atoms. The molecule has 0 aliphatic carbocycles. The van der Waals surface area contributed by atoms with E-state index in [0.717, 1.165) is 12.8 Å². The average Bonchev–Trinajstić information content (AvgIpc) is 2.59. The van der Waals surface area contributed by atoms with E-state index in [9.17, 15) is 20.1 Å². The molecule has 6 nitrogen and oxygen atoms in total. The number of benzene rings is 1. The number of aliphatic hydroxyl groups is 3. The molecule has 4 atom stereocenters. The molecule has 0 spiro atoms. The minimum Gasteiger partial charge on any atom is -0.395 e. The predicted octanol–water partition coefficient (Wildman–Crippen LogP) is -0.0877. The summed E-state index contributed by atoms with van der Waals surface area (Å²) in [6.45, 7) is 2.63. The van der Waals surface area contributed by atoms with Crippen molar-refractivity contribution in [2.45, 2.75) is 50.5 Å². The Hall–Kier alpha value is -1.47. The Bertz CT molecular complexity index is 511. The summed E-state index contributed by atoms with van der Waals surface area (Å²) in [6, 6.07) is 8.90. The number of hydrogen-bond donors (Lipinski definition) is 4. The van der Waals surface area contributed by atoms with Crippen LogP contribution in [0.1, 0.15) is 25.3 Å². The first-order valence-electron chi connectivity index (χ1n) is 8.62. The number of aryl methyl sites for hydroxylation is 1. The van der Waals surface area contributed by atoms with Crippen LogP contribution in [0.3, 0.4) is 0 Å². The quantitative estimate of drug-likeness (QED) is 0.559. The molecule has 1 fully saturated rings. The molecule has 24 heavy (non-hydrogen) atoms. The third-order valence-corrected chi connectivity index (χ3v) is 4.64. The molecule has 134 valence electrons. The van der Waals surface area contributed by atoms with E-state index >= 15 is 0 Å². The first-order valence-corrected chi connectivity index (χ1v) is 8.62. The fourth-order valence-corrected chi connectivity index (χ4v) is 3.38. The van der Waals surface area contributed by atoms with Gasteiger partial charge in [0.25, 0.3) is 0 Å². The standard InChI is InChI=1S/C18H28N2O4/c1-2-19-18(24)14-11-16(22)17(23)15(12-21)20(14)10-6-9-13-7-4-3-5-8-13/h3-5,7-8,14-17,21-23H,2,6,9-12H2,1H3,(H,19,24)/t14-,15+,16+,17+/m0/s1. The fourth-order valence-electron chi connectivity index (χ4n) is 3.38. The molecule has 1 saturated heterocycles. The van der Waals surface area contributed by atoms with Crippen molar-refractivity contribution in [2.75, 3.05) is 19.7 Å². The molecule has 1 aromatic carbocycles. The van der Waals surface area contributed by atoms with Crippen LogP contribution in [0, 0.1) is 0 Å². The van der Waals surface area contributed by atoms with Crippen molar-refractivity contribution in [2.24, 2.45) is 0 Å². The highest BCUT2D eigenvalue weighted by Gasteiger charge is 2.43. The molecule has 2 rings (SSSR count). The minimum atomic E-state index is -1.04. The fraction of sp³-hybridized carbons (Fsp3) is 0.611. The molecule has 0 saturated carbocycles. The second-order valence-electron chi connectivity index (χ2n) is 6.28. The van der Waals surface area contributed by atoms with E-state index in [-0.39, 0.29) is 18.9 Å². The summed E-state index contributed by atoms with van der Waals surface area (Å²) in [5.74, 6) is -0.165. The number of nitrogens with one attached hydrogen (secondary N) is 1. The van der Waals surface area contributed by atoms with Crippen molar-refractivity contribution in [1.29, 1.82) is 0 Å². The number of likely N-dealkylation sites (tertiary alicyclic amines) is 1. The third kappa shape index (κ3) is 4.54. The van der Waals surface area contributed by atoms with Gasteiger partial charge in [-0.15, -0.1) is 0 Å². The molecule has 4 N–H and O–H groups in total. The van der Waals surface area contributed by atoms with Crippen LogP contribution in [-0.4, -0.2) is 70.1 Å². The van der Waals surface area contributed by atoms with Crippen LogP contribution in [0.25, 0.3) is 0 Å². The van der Waals surface area contributed by atoms with Gasteiger partial charge < -0.3 is 20.6 Å². The summed E-state index contributed by atoms with van der Waals surface area (Å²) in [4.78, 5) is 14.2. The monoisotopic (exact) mass is 336 g/mol. The second kappa shape index (κ2) is 9.13. The van der Waals surface area contributed by atoms with E-state index in [1.54, 1.807) is 0 Å². The molecule has 1 aliphatic heterocycles. The highest BCUT2D eigenvalue weighted by molar-refractivity contribution is 5.82. The van der Waals surface area contributed by atoms with Gasteiger partial charge in [-0.05, 0) is 31.9 Å². The van der Waals surface area contributed by atoms with E-state index < -0.39 is 24.3 Å². The van der Waals surface area contributed by atoms with E-state index in [1.807, 2.05) is 30.0 Å². The highest BCUT2D eigenvalue weighted by Crippen LogP contribution is 2.25. The van der Waals surface area contributed by atoms with Crippen molar-refractivity contribution in [3.8, 4) is 0 Å².